The molecule has 5 heteroatoms. The van der Waals surface area contributed by atoms with Crippen molar-refractivity contribution in [3.63, 3.8) is 0 Å². The van der Waals surface area contributed by atoms with Gasteiger partial charge in [-0.3, -0.25) is 9.59 Å². The molecule has 0 radical (unpaired) electrons. The van der Waals surface area contributed by atoms with Crippen LogP contribution in [-0.2, 0) is 14.2 Å². The fourth-order valence-corrected chi connectivity index (χ4v) is 9.08. The van der Waals surface area contributed by atoms with Gasteiger partial charge in [0.05, 0.1) is 5.54 Å². The highest BCUT2D eigenvalue weighted by Crippen LogP contribution is 2.64. The lowest BCUT2D eigenvalue weighted by atomic mass is 9.66. The van der Waals surface area contributed by atoms with Gasteiger partial charge in [-0.1, -0.05) is 85.8 Å². The zero-order valence-electron chi connectivity index (χ0n) is 17.5. The van der Waals surface area contributed by atoms with Gasteiger partial charge in [0.25, 0.3) is 0 Å². The standard InChI is InChI=1S/C25H26NO3P/c1-18-11-10-16-24(3)17-22(28)23(25(18,24)26-19(2)27)30(29,20-12-6-4-7-13-20)21-14-8-5-9-15-21/h4-16,23H,17H2,1-3H3,(H,26,27)/t23?,24-,25-/m0/s1. The number of allylic oxidation sites excluding steroid dienone is 2. The molecule has 1 unspecified atom stereocenters. The molecule has 0 bridgehead atoms. The van der Waals surface area contributed by atoms with E-state index in [1.807, 2.05) is 92.7 Å². The molecule has 0 saturated heterocycles. The Morgan fingerprint density at radius 2 is 1.57 bits per heavy atom. The first kappa shape index (κ1) is 20.6. The van der Waals surface area contributed by atoms with Crippen molar-refractivity contribution in [3.05, 3.63) is 84.5 Å². The van der Waals surface area contributed by atoms with E-state index in [4.69, 9.17) is 0 Å². The fraction of sp³-hybridized carbons (Fsp3) is 0.280. The zero-order valence-corrected chi connectivity index (χ0v) is 18.4. The molecule has 4 rings (SSSR count). The number of benzene rings is 2. The van der Waals surface area contributed by atoms with Crippen LogP contribution in [0, 0.1) is 5.41 Å². The number of rotatable bonds is 4. The van der Waals surface area contributed by atoms with E-state index in [2.05, 4.69) is 5.32 Å². The third kappa shape index (κ3) is 2.78. The first-order valence-electron chi connectivity index (χ1n) is 10.1. The summed E-state index contributed by atoms with van der Waals surface area (Å²) >= 11 is 0. The average molecular weight is 419 g/mol. The summed E-state index contributed by atoms with van der Waals surface area (Å²) in [7, 11) is -3.46. The van der Waals surface area contributed by atoms with Gasteiger partial charge in [-0.25, -0.2) is 0 Å². The van der Waals surface area contributed by atoms with E-state index >= 15 is 4.57 Å². The third-order valence-electron chi connectivity index (χ3n) is 6.61. The smallest absolute Gasteiger partial charge is 0.217 e. The Bertz CT molecular complexity index is 1060. The van der Waals surface area contributed by atoms with Crippen LogP contribution in [0.2, 0.25) is 0 Å². The summed E-state index contributed by atoms with van der Waals surface area (Å²) in [6.45, 7) is 5.36. The SMILES string of the molecule is CC(=O)N[C@]12C(C)=CC=C[C@@]1(C)CC(=O)C2P(=O)(c1ccccc1)c1ccccc1. The maximum atomic E-state index is 15.1. The van der Waals surface area contributed by atoms with E-state index in [-0.39, 0.29) is 18.1 Å². The molecule has 0 spiro atoms. The predicted octanol–water partition coefficient (Wildman–Crippen LogP) is 3.74. The number of carbonyl (C=O) groups excluding carboxylic acids is 2. The van der Waals surface area contributed by atoms with Crippen molar-refractivity contribution in [1.29, 1.82) is 0 Å². The van der Waals surface area contributed by atoms with E-state index in [1.54, 1.807) is 0 Å². The number of amides is 1. The van der Waals surface area contributed by atoms with Crippen molar-refractivity contribution in [3.8, 4) is 0 Å². The van der Waals surface area contributed by atoms with Gasteiger partial charge in [0.1, 0.15) is 11.4 Å². The monoisotopic (exact) mass is 419 g/mol. The van der Waals surface area contributed by atoms with Gasteiger partial charge in [-0.15, -0.1) is 0 Å². The lowest BCUT2D eigenvalue weighted by Gasteiger charge is -2.49. The van der Waals surface area contributed by atoms with Gasteiger partial charge in [0.2, 0.25) is 5.91 Å². The molecule has 2 aromatic rings. The van der Waals surface area contributed by atoms with Gasteiger partial charge >= 0.3 is 0 Å². The minimum atomic E-state index is -3.46. The molecule has 30 heavy (non-hydrogen) atoms. The van der Waals surface area contributed by atoms with Crippen LogP contribution in [-0.4, -0.2) is 22.9 Å². The van der Waals surface area contributed by atoms with E-state index < -0.39 is 23.8 Å². The number of carbonyl (C=O) groups is 2. The Morgan fingerprint density at radius 3 is 2.07 bits per heavy atom. The Labute approximate surface area is 177 Å². The molecule has 1 amide bonds. The molecule has 0 aromatic heterocycles. The van der Waals surface area contributed by atoms with Crippen LogP contribution in [0.25, 0.3) is 0 Å². The van der Waals surface area contributed by atoms with Crippen molar-refractivity contribution in [2.24, 2.45) is 5.41 Å². The van der Waals surface area contributed by atoms with Crippen LogP contribution in [0.5, 0.6) is 0 Å². The van der Waals surface area contributed by atoms with Crippen molar-refractivity contribution in [2.75, 3.05) is 0 Å². The molecule has 4 nitrogen and oxygen atoms in total. The summed E-state index contributed by atoms with van der Waals surface area (Å²) in [5.41, 5.74) is -1.74. The maximum Gasteiger partial charge on any atom is 0.217 e. The number of nitrogens with one attached hydrogen (secondary N) is 1. The normalized spacial score (nSPS) is 28.0. The molecule has 2 aliphatic carbocycles. The van der Waals surface area contributed by atoms with Crippen molar-refractivity contribution in [2.45, 2.75) is 38.4 Å². The second-order valence-corrected chi connectivity index (χ2v) is 11.4. The minimum Gasteiger partial charge on any atom is -0.345 e. The predicted molar refractivity (Wildman–Crippen MR) is 121 cm³/mol. The third-order valence-corrected chi connectivity index (χ3v) is 10.1. The number of ketones is 1. The lowest BCUT2D eigenvalue weighted by Crippen LogP contribution is -2.63. The highest BCUT2D eigenvalue weighted by atomic mass is 31.2. The Kier molecular flexibility index (Phi) is 4.94. The largest absolute Gasteiger partial charge is 0.345 e. The highest BCUT2D eigenvalue weighted by molar-refractivity contribution is 7.80. The number of Topliss-reactive ketones (excluding diaryl/α,β-unsaturated/α-hetero) is 1. The molecule has 2 aromatic carbocycles. The van der Waals surface area contributed by atoms with Crippen LogP contribution in [0.3, 0.4) is 0 Å². The molecule has 1 saturated carbocycles. The van der Waals surface area contributed by atoms with Crippen LogP contribution in [0.4, 0.5) is 0 Å². The highest BCUT2D eigenvalue weighted by Gasteiger charge is 2.68. The Balaban J connectivity index is 2.07. The van der Waals surface area contributed by atoms with Crippen LogP contribution in [0.1, 0.15) is 27.2 Å². The van der Waals surface area contributed by atoms with Gasteiger partial charge in [0.15, 0.2) is 7.14 Å². The molecule has 3 atom stereocenters. The zero-order chi connectivity index (χ0) is 21.6. The van der Waals surface area contributed by atoms with Crippen molar-refractivity contribution < 1.29 is 14.2 Å². The summed E-state index contributed by atoms with van der Waals surface area (Å²) < 4.78 is 15.1. The van der Waals surface area contributed by atoms with Gasteiger partial charge < -0.3 is 9.88 Å². The molecule has 154 valence electrons. The molecule has 2 aliphatic rings. The maximum absolute atomic E-state index is 15.1. The lowest BCUT2D eigenvalue weighted by molar-refractivity contribution is -0.121. The summed E-state index contributed by atoms with van der Waals surface area (Å²) in [5.74, 6) is -0.321. The second-order valence-electron chi connectivity index (χ2n) is 8.49. The van der Waals surface area contributed by atoms with Crippen LogP contribution < -0.4 is 15.9 Å². The fourth-order valence-electron chi connectivity index (χ4n) is 5.35. The number of hydrogen-bond donors (Lipinski definition) is 1. The van der Waals surface area contributed by atoms with Crippen LogP contribution in [0.15, 0.2) is 84.5 Å². The van der Waals surface area contributed by atoms with Crippen molar-refractivity contribution in [1.82, 2.24) is 5.32 Å². The molecule has 1 fully saturated rings. The van der Waals surface area contributed by atoms with Gasteiger partial charge in [-0.05, 0) is 12.5 Å². The van der Waals surface area contributed by atoms with E-state index in [0.29, 0.717) is 10.6 Å². The summed E-state index contributed by atoms with van der Waals surface area (Å²) in [6, 6.07) is 18.4. The quantitative estimate of drug-likeness (QED) is 0.768. The first-order chi connectivity index (χ1) is 14.3. The Morgan fingerprint density at radius 1 is 1.03 bits per heavy atom. The van der Waals surface area contributed by atoms with E-state index in [0.717, 1.165) is 5.57 Å². The second kappa shape index (κ2) is 7.21. The summed E-state index contributed by atoms with van der Waals surface area (Å²) in [6.07, 6.45) is 6.06. The molecule has 0 aliphatic heterocycles. The molecular formula is C25H26NO3P. The van der Waals surface area contributed by atoms with Crippen molar-refractivity contribution >= 4 is 29.4 Å². The number of hydrogen-bond acceptors (Lipinski definition) is 3. The Hall–Kier alpha value is -2.71. The van der Waals surface area contributed by atoms with E-state index in [1.165, 1.54) is 6.92 Å². The van der Waals surface area contributed by atoms with Gasteiger partial charge in [-0.2, -0.15) is 0 Å². The van der Waals surface area contributed by atoms with Gasteiger partial charge in [0, 0.05) is 29.4 Å². The topological polar surface area (TPSA) is 63.2 Å². The minimum absolute atomic E-state index is 0.0819. The van der Waals surface area contributed by atoms with E-state index in [9.17, 15) is 9.59 Å². The molecule has 1 N–H and O–H groups in total. The average Bonchev–Trinajstić information content (AvgIpc) is 2.96. The van der Waals surface area contributed by atoms with Crippen LogP contribution >= 0.6 is 7.14 Å². The summed E-state index contributed by atoms with van der Waals surface area (Å²) in [5, 5.41) is 4.38. The first-order valence-corrected chi connectivity index (χ1v) is 11.9. The number of fused-ring (bicyclic) bond motifs is 1. The summed E-state index contributed by atoms with van der Waals surface area (Å²) in [4.78, 5) is 26.1. The molecular weight excluding hydrogens is 393 g/mol. The molecule has 0 heterocycles.